The maximum atomic E-state index is 5.30. The number of nitrogens with zero attached hydrogens (tertiary/aromatic N) is 3. The molecule has 0 spiro atoms. The predicted molar refractivity (Wildman–Crippen MR) is 64.6 cm³/mol. The molecule has 0 saturated heterocycles. The maximum Gasteiger partial charge on any atom is 0.147 e. The Morgan fingerprint density at radius 1 is 1.44 bits per heavy atom. The van der Waals surface area contributed by atoms with Gasteiger partial charge in [0.1, 0.15) is 5.82 Å². The first-order valence-corrected chi connectivity index (χ1v) is 5.52. The number of nitrogens with one attached hydrogen (secondary N) is 1. The Labute approximate surface area is 96.8 Å². The molecule has 0 aromatic carbocycles. The van der Waals surface area contributed by atoms with Crippen LogP contribution in [-0.4, -0.2) is 43.8 Å². The minimum absolute atomic E-state index is 0.713. The molecule has 1 rings (SSSR count). The monoisotopic (exact) mass is 224 g/mol. The van der Waals surface area contributed by atoms with Gasteiger partial charge in [0, 0.05) is 32.9 Å². The Kier molecular flexibility index (Phi) is 5.74. The third-order valence-corrected chi connectivity index (χ3v) is 2.20. The van der Waals surface area contributed by atoms with Gasteiger partial charge in [-0.2, -0.15) is 0 Å². The standard InChI is InChI=1S/C11H20N4O/c1-4-16-6-5-15(3)11-9-13-8-10(14-11)7-12-2/h8-9,12H,4-7H2,1-3H3. The van der Waals surface area contributed by atoms with Crippen LogP contribution in [0.5, 0.6) is 0 Å². The van der Waals surface area contributed by atoms with Crippen LogP contribution < -0.4 is 10.2 Å². The summed E-state index contributed by atoms with van der Waals surface area (Å²) in [7, 11) is 3.89. The van der Waals surface area contributed by atoms with Gasteiger partial charge in [-0.05, 0) is 14.0 Å². The van der Waals surface area contributed by atoms with Crippen molar-refractivity contribution in [3.63, 3.8) is 0 Å². The smallest absolute Gasteiger partial charge is 0.147 e. The lowest BCUT2D eigenvalue weighted by Crippen LogP contribution is -2.24. The lowest BCUT2D eigenvalue weighted by Gasteiger charge is -2.17. The topological polar surface area (TPSA) is 50.3 Å². The van der Waals surface area contributed by atoms with E-state index in [9.17, 15) is 0 Å². The van der Waals surface area contributed by atoms with Crippen LogP contribution in [-0.2, 0) is 11.3 Å². The van der Waals surface area contributed by atoms with Crippen molar-refractivity contribution >= 4 is 5.82 Å². The summed E-state index contributed by atoms with van der Waals surface area (Å²) < 4.78 is 5.30. The van der Waals surface area contributed by atoms with E-state index in [0.29, 0.717) is 6.61 Å². The number of hydrogen-bond acceptors (Lipinski definition) is 5. The molecule has 90 valence electrons. The molecule has 0 amide bonds. The second kappa shape index (κ2) is 7.14. The van der Waals surface area contributed by atoms with Crippen molar-refractivity contribution < 1.29 is 4.74 Å². The molecule has 5 heteroatoms. The van der Waals surface area contributed by atoms with E-state index in [1.54, 1.807) is 12.4 Å². The van der Waals surface area contributed by atoms with Crippen molar-refractivity contribution in [2.75, 3.05) is 38.8 Å². The number of likely N-dealkylation sites (N-methyl/N-ethyl adjacent to an activating group) is 1. The summed E-state index contributed by atoms with van der Waals surface area (Å²) in [5.74, 6) is 0.882. The van der Waals surface area contributed by atoms with Gasteiger partial charge in [-0.3, -0.25) is 4.98 Å². The largest absolute Gasteiger partial charge is 0.380 e. The van der Waals surface area contributed by atoms with Crippen LogP contribution in [0.1, 0.15) is 12.6 Å². The number of anilines is 1. The first-order chi connectivity index (χ1) is 7.77. The van der Waals surface area contributed by atoms with Gasteiger partial charge in [0.25, 0.3) is 0 Å². The maximum absolute atomic E-state index is 5.30. The SMILES string of the molecule is CCOCCN(C)c1cncc(CNC)n1. The lowest BCUT2D eigenvalue weighted by molar-refractivity contribution is 0.154. The first-order valence-electron chi connectivity index (χ1n) is 5.52. The average Bonchev–Trinajstić information content (AvgIpc) is 2.30. The van der Waals surface area contributed by atoms with E-state index < -0.39 is 0 Å². The van der Waals surface area contributed by atoms with Gasteiger partial charge >= 0.3 is 0 Å². The van der Waals surface area contributed by atoms with Crippen molar-refractivity contribution in [1.82, 2.24) is 15.3 Å². The van der Waals surface area contributed by atoms with E-state index in [1.165, 1.54) is 0 Å². The van der Waals surface area contributed by atoms with Crippen molar-refractivity contribution in [3.8, 4) is 0 Å². The van der Waals surface area contributed by atoms with Gasteiger partial charge < -0.3 is 15.0 Å². The molecule has 16 heavy (non-hydrogen) atoms. The number of hydrogen-bond donors (Lipinski definition) is 1. The van der Waals surface area contributed by atoms with Crippen LogP contribution in [0.2, 0.25) is 0 Å². The summed E-state index contributed by atoms with van der Waals surface area (Å²) in [6, 6.07) is 0. The molecular formula is C11H20N4O. The van der Waals surface area contributed by atoms with Gasteiger partial charge in [0.15, 0.2) is 0 Å². The second-order valence-electron chi connectivity index (χ2n) is 3.52. The highest BCUT2D eigenvalue weighted by Crippen LogP contribution is 2.06. The summed E-state index contributed by atoms with van der Waals surface area (Å²) in [5, 5.41) is 3.06. The summed E-state index contributed by atoms with van der Waals surface area (Å²) in [4.78, 5) is 10.7. The Morgan fingerprint density at radius 2 is 2.25 bits per heavy atom. The molecule has 0 radical (unpaired) electrons. The molecule has 0 atom stereocenters. The fourth-order valence-electron chi connectivity index (χ4n) is 1.31. The molecule has 0 unspecified atom stereocenters. The zero-order valence-electron chi connectivity index (χ0n) is 10.2. The van der Waals surface area contributed by atoms with Crippen molar-refractivity contribution in [2.45, 2.75) is 13.5 Å². The van der Waals surface area contributed by atoms with Gasteiger partial charge in [-0.1, -0.05) is 0 Å². The van der Waals surface area contributed by atoms with Crippen LogP contribution in [0.25, 0.3) is 0 Å². The van der Waals surface area contributed by atoms with E-state index >= 15 is 0 Å². The Bertz CT molecular complexity index is 306. The highest BCUT2D eigenvalue weighted by Gasteiger charge is 2.03. The number of ether oxygens (including phenoxy) is 1. The zero-order valence-corrected chi connectivity index (χ0v) is 10.2. The van der Waals surface area contributed by atoms with Crippen LogP contribution in [0.4, 0.5) is 5.82 Å². The van der Waals surface area contributed by atoms with Crippen LogP contribution in [0, 0.1) is 0 Å². The van der Waals surface area contributed by atoms with Crippen LogP contribution >= 0.6 is 0 Å². The van der Waals surface area contributed by atoms with Gasteiger partial charge in [-0.15, -0.1) is 0 Å². The molecule has 1 N–H and O–H groups in total. The van der Waals surface area contributed by atoms with E-state index in [0.717, 1.165) is 31.2 Å². The Hall–Kier alpha value is -1.20. The summed E-state index contributed by atoms with van der Waals surface area (Å²) in [6.07, 6.45) is 3.54. The highest BCUT2D eigenvalue weighted by molar-refractivity contribution is 5.34. The fraction of sp³-hybridized carbons (Fsp3) is 0.636. The number of rotatable bonds is 7. The number of aromatic nitrogens is 2. The summed E-state index contributed by atoms with van der Waals surface area (Å²) in [6.45, 7) is 5.02. The molecule has 0 aliphatic rings. The quantitative estimate of drug-likeness (QED) is 0.690. The van der Waals surface area contributed by atoms with Crippen LogP contribution in [0.15, 0.2) is 12.4 Å². The van der Waals surface area contributed by atoms with Crippen molar-refractivity contribution in [2.24, 2.45) is 0 Å². The van der Waals surface area contributed by atoms with Gasteiger partial charge in [0.05, 0.1) is 18.5 Å². The lowest BCUT2D eigenvalue weighted by atomic mass is 10.4. The molecule has 1 aromatic heterocycles. The van der Waals surface area contributed by atoms with E-state index in [-0.39, 0.29) is 0 Å². The van der Waals surface area contributed by atoms with Crippen molar-refractivity contribution in [1.29, 1.82) is 0 Å². The first kappa shape index (κ1) is 12.9. The molecule has 1 aromatic rings. The minimum atomic E-state index is 0.713. The predicted octanol–water partition coefficient (Wildman–Crippen LogP) is 0.669. The Balaban J connectivity index is 2.53. The average molecular weight is 224 g/mol. The summed E-state index contributed by atoms with van der Waals surface area (Å²) >= 11 is 0. The molecular weight excluding hydrogens is 204 g/mol. The Morgan fingerprint density at radius 3 is 2.94 bits per heavy atom. The molecule has 0 aliphatic heterocycles. The fourth-order valence-corrected chi connectivity index (χ4v) is 1.31. The van der Waals surface area contributed by atoms with Gasteiger partial charge in [0.2, 0.25) is 0 Å². The molecule has 0 fully saturated rings. The third kappa shape index (κ3) is 4.12. The minimum Gasteiger partial charge on any atom is -0.380 e. The van der Waals surface area contributed by atoms with E-state index in [4.69, 9.17) is 4.74 Å². The molecule has 1 heterocycles. The molecule has 0 saturated carbocycles. The van der Waals surface area contributed by atoms with E-state index in [2.05, 4.69) is 15.3 Å². The van der Waals surface area contributed by atoms with Gasteiger partial charge in [-0.25, -0.2) is 4.98 Å². The normalized spacial score (nSPS) is 10.4. The molecule has 0 aliphatic carbocycles. The second-order valence-corrected chi connectivity index (χ2v) is 3.52. The molecule has 5 nitrogen and oxygen atoms in total. The molecule has 0 bridgehead atoms. The highest BCUT2D eigenvalue weighted by atomic mass is 16.5. The van der Waals surface area contributed by atoms with Crippen molar-refractivity contribution in [3.05, 3.63) is 18.1 Å². The van der Waals surface area contributed by atoms with Crippen LogP contribution in [0.3, 0.4) is 0 Å². The summed E-state index contributed by atoms with van der Waals surface area (Å²) in [5.41, 5.74) is 0.947. The third-order valence-electron chi connectivity index (χ3n) is 2.20. The van der Waals surface area contributed by atoms with E-state index in [1.807, 2.05) is 25.9 Å². The zero-order chi connectivity index (χ0) is 11.8.